The van der Waals surface area contributed by atoms with E-state index in [2.05, 4.69) is 45.3 Å². The number of halogens is 1. The number of nitrogens with one attached hydrogen (secondary N) is 1. The molecule has 4 nitrogen and oxygen atoms in total. The lowest BCUT2D eigenvalue weighted by Crippen LogP contribution is -2.07. The van der Waals surface area contributed by atoms with Crippen molar-refractivity contribution in [3.63, 3.8) is 0 Å². The first-order chi connectivity index (χ1) is 8.69. The summed E-state index contributed by atoms with van der Waals surface area (Å²) in [6, 6.07) is 6.19. The minimum absolute atomic E-state index is 0.669. The molecule has 0 bridgehead atoms. The maximum atomic E-state index is 5.07. The van der Waals surface area contributed by atoms with Gasteiger partial charge >= 0.3 is 0 Å². The normalized spacial score (nSPS) is 10.6. The van der Waals surface area contributed by atoms with Crippen LogP contribution in [0.25, 0.3) is 0 Å². The Morgan fingerprint density at radius 1 is 1.39 bits per heavy atom. The lowest BCUT2D eigenvalue weighted by atomic mass is 10.2. The predicted molar refractivity (Wildman–Crippen MR) is 76.3 cm³/mol. The fourth-order valence-electron chi connectivity index (χ4n) is 1.74. The van der Waals surface area contributed by atoms with Crippen molar-refractivity contribution in [1.82, 2.24) is 9.55 Å². The van der Waals surface area contributed by atoms with Crippen LogP contribution >= 0.6 is 15.9 Å². The molecule has 0 saturated carbocycles. The van der Waals surface area contributed by atoms with Crippen LogP contribution in [0.15, 0.2) is 35.1 Å². The van der Waals surface area contributed by atoms with Gasteiger partial charge < -0.3 is 14.6 Å². The van der Waals surface area contributed by atoms with Crippen molar-refractivity contribution in [2.75, 3.05) is 19.0 Å². The first-order valence-corrected chi connectivity index (χ1v) is 6.52. The molecule has 0 atom stereocenters. The van der Waals surface area contributed by atoms with E-state index < -0.39 is 0 Å². The second-order valence-electron chi connectivity index (χ2n) is 4.08. The molecule has 0 amide bonds. The van der Waals surface area contributed by atoms with Crippen molar-refractivity contribution in [1.29, 1.82) is 0 Å². The van der Waals surface area contributed by atoms with Crippen LogP contribution in [0, 0.1) is 6.92 Å². The summed E-state index contributed by atoms with van der Waals surface area (Å²) in [6.07, 6.45) is 3.72. The average molecular weight is 310 g/mol. The molecule has 18 heavy (non-hydrogen) atoms. The molecule has 5 heteroatoms. The quantitative estimate of drug-likeness (QED) is 0.920. The maximum absolute atomic E-state index is 5.07. The molecule has 0 unspecified atom stereocenters. The van der Waals surface area contributed by atoms with Gasteiger partial charge in [0.05, 0.1) is 6.61 Å². The average Bonchev–Trinajstić information content (AvgIpc) is 2.72. The van der Waals surface area contributed by atoms with Gasteiger partial charge in [0.15, 0.2) is 0 Å². The van der Waals surface area contributed by atoms with Crippen LogP contribution < -0.4 is 5.32 Å². The SMILES string of the molecule is COCCn1ccnc1Nc1cc(C)cc(Br)c1. The molecule has 2 aromatic rings. The molecule has 1 aromatic carbocycles. The molecule has 0 spiro atoms. The Hall–Kier alpha value is -1.33. The standard InChI is InChI=1S/C13H16BrN3O/c1-10-7-11(14)9-12(8-10)16-13-15-3-4-17(13)5-6-18-2/h3-4,7-9H,5-6H2,1-2H3,(H,15,16). The minimum Gasteiger partial charge on any atom is -0.383 e. The van der Waals surface area contributed by atoms with Crippen LogP contribution in [0.4, 0.5) is 11.6 Å². The Morgan fingerprint density at radius 3 is 2.94 bits per heavy atom. The lowest BCUT2D eigenvalue weighted by molar-refractivity contribution is 0.188. The molecule has 1 N–H and O–H groups in total. The number of aromatic nitrogens is 2. The van der Waals surface area contributed by atoms with Crippen LogP contribution in [0.5, 0.6) is 0 Å². The van der Waals surface area contributed by atoms with Crippen molar-refractivity contribution < 1.29 is 4.74 Å². The van der Waals surface area contributed by atoms with Gasteiger partial charge in [0.1, 0.15) is 0 Å². The number of nitrogens with zero attached hydrogens (tertiary/aromatic N) is 2. The minimum atomic E-state index is 0.669. The highest BCUT2D eigenvalue weighted by Gasteiger charge is 2.03. The number of hydrogen-bond donors (Lipinski definition) is 1. The molecule has 96 valence electrons. The summed E-state index contributed by atoms with van der Waals surface area (Å²) in [5.41, 5.74) is 2.22. The molecule has 0 aliphatic heterocycles. The first kappa shape index (κ1) is 13.1. The van der Waals surface area contributed by atoms with E-state index in [0.717, 1.165) is 22.7 Å². The largest absolute Gasteiger partial charge is 0.383 e. The molecular weight excluding hydrogens is 294 g/mol. The molecule has 1 aromatic heterocycles. The number of benzene rings is 1. The number of hydrogen-bond acceptors (Lipinski definition) is 3. The Kier molecular flexibility index (Phi) is 4.38. The van der Waals surface area contributed by atoms with E-state index in [0.29, 0.717) is 6.61 Å². The molecule has 0 radical (unpaired) electrons. The second kappa shape index (κ2) is 6.02. The summed E-state index contributed by atoms with van der Waals surface area (Å²) >= 11 is 3.49. The molecule has 0 fully saturated rings. The van der Waals surface area contributed by atoms with Gasteiger partial charge in [-0.1, -0.05) is 15.9 Å². The molecule has 0 saturated heterocycles. The Labute approximate surface area is 115 Å². The summed E-state index contributed by atoms with van der Waals surface area (Å²) in [5, 5.41) is 3.31. The zero-order valence-electron chi connectivity index (χ0n) is 10.5. The van der Waals surface area contributed by atoms with Crippen molar-refractivity contribution in [2.24, 2.45) is 0 Å². The summed E-state index contributed by atoms with van der Waals surface area (Å²) in [7, 11) is 1.70. The van der Waals surface area contributed by atoms with Crippen LogP contribution in [0.3, 0.4) is 0 Å². The molecule has 0 aliphatic carbocycles. The third kappa shape index (κ3) is 3.34. The summed E-state index contributed by atoms with van der Waals surface area (Å²) in [4.78, 5) is 4.30. The van der Waals surface area contributed by atoms with E-state index in [4.69, 9.17) is 4.74 Å². The van der Waals surface area contributed by atoms with Crippen molar-refractivity contribution >= 4 is 27.6 Å². The van der Waals surface area contributed by atoms with E-state index in [1.54, 1.807) is 13.3 Å². The van der Waals surface area contributed by atoms with E-state index >= 15 is 0 Å². The highest BCUT2D eigenvalue weighted by atomic mass is 79.9. The van der Waals surface area contributed by atoms with Crippen LogP contribution in [0.2, 0.25) is 0 Å². The molecular formula is C13H16BrN3O. The second-order valence-corrected chi connectivity index (χ2v) is 4.99. The van der Waals surface area contributed by atoms with Gasteiger partial charge in [-0.05, 0) is 30.7 Å². The Balaban J connectivity index is 2.15. The topological polar surface area (TPSA) is 39.1 Å². The van der Waals surface area contributed by atoms with Gasteiger partial charge in [-0.2, -0.15) is 0 Å². The van der Waals surface area contributed by atoms with Gasteiger partial charge in [0.25, 0.3) is 0 Å². The summed E-state index contributed by atoms with van der Waals surface area (Å²) in [6.45, 7) is 3.52. The van der Waals surface area contributed by atoms with E-state index in [9.17, 15) is 0 Å². The van der Waals surface area contributed by atoms with E-state index in [1.165, 1.54) is 5.56 Å². The van der Waals surface area contributed by atoms with Crippen molar-refractivity contribution in [2.45, 2.75) is 13.5 Å². The predicted octanol–water partition coefficient (Wildman–Crippen LogP) is 3.34. The fraction of sp³-hybridized carbons (Fsp3) is 0.308. The van der Waals surface area contributed by atoms with Crippen molar-refractivity contribution in [3.8, 4) is 0 Å². The van der Waals surface area contributed by atoms with Gasteiger partial charge in [0, 0.05) is 36.2 Å². The smallest absolute Gasteiger partial charge is 0.207 e. The third-order valence-corrected chi connectivity index (χ3v) is 3.01. The third-order valence-electron chi connectivity index (χ3n) is 2.55. The number of aryl methyl sites for hydroxylation is 1. The lowest BCUT2D eigenvalue weighted by Gasteiger charge is -2.10. The number of rotatable bonds is 5. The van der Waals surface area contributed by atoms with Gasteiger partial charge in [-0.3, -0.25) is 0 Å². The molecule has 2 rings (SSSR count). The van der Waals surface area contributed by atoms with Gasteiger partial charge in [-0.25, -0.2) is 4.98 Å². The summed E-state index contributed by atoms with van der Waals surface area (Å²) < 4.78 is 8.16. The zero-order valence-corrected chi connectivity index (χ0v) is 12.1. The fourth-order valence-corrected chi connectivity index (χ4v) is 2.35. The maximum Gasteiger partial charge on any atom is 0.207 e. The number of anilines is 2. The molecule has 1 heterocycles. The molecule has 0 aliphatic rings. The van der Waals surface area contributed by atoms with Crippen LogP contribution in [-0.2, 0) is 11.3 Å². The van der Waals surface area contributed by atoms with Gasteiger partial charge in [0.2, 0.25) is 5.95 Å². The Bertz CT molecular complexity index is 504. The van der Waals surface area contributed by atoms with E-state index in [1.807, 2.05) is 16.8 Å². The van der Waals surface area contributed by atoms with Crippen LogP contribution in [0.1, 0.15) is 5.56 Å². The monoisotopic (exact) mass is 309 g/mol. The van der Waals surface area contributed by atoms with E-state index in [-0.39, 0.29) is 0 Å². The van der Waals surface area contributed by atoms with Crippen molar-refractivity contribution in [3.05, 3.63) is 40.6 Å². The van der Waals surface area contributed by atoms with Gasteiger partial charge in [-0.15, -0.1) is 0 Å². The highest BCUT2D eigenvalue weighted by Crippen LogP contribution is 2.22. The van der Waals surface area contributed by atoms with Crippen LogP contribution in [-0.4, -0.2) is 23.3 Å². The summed E-state index contributed by atoms with van der Waals surface area (Å²) in [5.74, 6) is 0.824. The number of methoxy groups -OCH3 is 1. The highest BCUT2D eigenvalue weighted by molar-refractivity contribution is 9.10. The number of ether oxygens (including phenoxy) is 1. The Morgan fingerprint density at radius 2 is 2.22 bits per heavy atom. The number of imidazole rings is 1. The zero-order chi connectivity index (χ0) is 13.0. The first-order valence-electron chi connectivity index (χ1n) is 5.73.